The normalized spacial score (nSPS) is 17.3. The Bertz CT molecular complexity index is 897. The molecule has 4 heterocycles. The van der Waals surface area contributed by atoms with Gasteiger partial charge in [-0.3, -0.25) is 9.78 Å². The maximum absolute atomic E-state index is 13.2. The molecule has 2 aromatic heterocycles. The first-order valence-corrected chi connectivity index (χ1v) is 10.5. The summed E-state index contributed by atoms with van der Waals surface area (Å²) in [6, 6.07) is 7.88. The van der Waals surface area contributed by atoms with Crippen LogP contribution in [0.2, 0.25) is 0 Å². The van der Waals surface area contributed by atoms with Gasteiger partial charge in [-0.05, 0) is 32.0 Å². The van der Waals surface area contributed by atoms with Gasteiger partial charge in [0.2, 0.25) is 0 Å². The van der Waals surface area contributed by atoms with E-state index in [0.717, 1.165) is 22.6 Å². The fraction of sp³-hybridized carbons (Fsp3) is 0.500. The van der Waals surface area contributed by atoms with Crippen LogP contribution in [0.4, 0.5) is 4.79 Å². The third-order valence-electron chi connectivity index (χ3n) is 5.97. The first-order valence-electron chi connectivity index (χ1n) is 10.5. The van der Waals surface area contributed by atoms with E-state index in [1.807, 2.05) is 52.8 Å². The Morgan fingerprint density at radius 1 is 0.967 bits per heavy atom. The number of hydrogen-bond donors (Lipinski definition) is 0. The molecule has 8 nitrogen and oxygen atoms in total. The van der Waals surface area contributed by atoms with E-state index in [1.54, 1.807) is 6.20 Å². The molecule has 0 atom stereocenters. The van der Waals surface area contributed by atoms with E-state index >= 15 is 0 Å². The lowest BCUT2D eigenvalue weighted by molar-refractivity contribution is 0.0362. The van der Waals surface area contributed by atoms with Crippen LogP contribution < -0.4 is 0 Å². The van der Waals surface area contributed by atoms with Crippen molar-refractivity contribution >= 4 is 11.9 Å². The summed E-state index contributed by atoms with van der Waals surface area (Å²) in [5.74, 6) is 0.0360. The zero-order valence-electron chi connectivity index (χ0n) is 17.7. The van der Waals surface area contributed by atoms with E-state index < -0.39 is 0 Å². The van der Waals surface area contributed by atoms with Gasteiger partial charge in [0, 0.05) is 56.9 Å². The summed E-state index contributed by atoms with van der Waals surface area (Å²) < 4.78 is 7.46. The Kier molecular flexibility index (Phi) is 6.03. The minimum Gasteiger partial charge on any atom is -0.378 e. The highest BCUT2D eigenvalue weighted by molar-refractivity contribution is 5.96. The molecule has 0 bridgehead atoms. The quantitative estimate of drug-likeness (QED) is 0.772. The van der Waals surface area contributed by atoms with Gasteiger partial charge >= 0.3 is 6.03 Å². The summed E-state index contributed by atoms with van der Waals surface area (Å²) in [7, 11) is 0. The predicted octanol–water partition coefficient (Wildman–Crippen LogP) is 1.76. The van der Waals surface area contributed by atoms with Gasteiger partial charge in [0.15, 0.2) is 0 Å². The molecule has 0 spiro atoms. The van der Waals surface area contributed by atoms with Crippen LogP contribution in [0.15, 0.2) is 30.5 Å². The molecule has 2 fully saturated rings. The average molecular weight is 412 g/mol. The molecule has 2 saturated heterocycles. The minimum absolute atomic E-state index is 0.0360. The molecule has 2 aromatic rings. The van der Waals surface area contributed by atoms with Crippen molar-refractivity contribution < 1.29 is 14.3 Å². The number of carbonyl (C=O) groups is 2. The number of pyridine rings is 1. The van der Waals surface area contributed by atoms with E-state index in [2.05, 4.69) is 9.55 Å². The van der Waals surface area contributed by atoms with Crippen molar-refractivity contribution in [2.45, 2.75) is 20.4 Å². The third-order valence-corrected chi connectivity index (χ3v) is 5.97. The van der Waals surface area contributed by atoms with Gasteiger partial charge in [0.25, 0.3) is 5.91 Å². The number of aryl methyl sites for hydroxylation is 1. The van der Waals surface area contributed by atoms with Gasteiger partial charge in [0.05, 0.1) is 31.0 Å². The van der Waals surface area contributed by atoms with Crippen LogP contribution in [-0.2, 0) is 11.3 Å². The molecule has 8 heteroatoms. The van der Waals surface area contributed by atoms with Crippen LogP contribution in [0.25, 0.3) is 0 Å². The summed E-state index contributed by atoms with van der Waals surface area (Å²) in [5.41, 5.74) is 3.70. The Balaban J connectivity index is 1.39. The molecule has 0 unspecified atom stereocenters. The fourth-order valence-corrected chi connectivity index (χ4v) is 4.14. The first kappa shape index (κ1) is 20.4. The van der Waals surface area contributed by atoms with Crippen LogP contribution in [0.1, 0.15) is 27.4 Å². The number of carbonyl (C=O) groups excluding carboxylic acids is 2. The smallest absolute Gasteiger partial charge is 0.320 e. The highest BCUT2D eigenvalue weighted by Gasteiger charge is 2.29. The van der Waals surface area contributed by atoms with Crippen LogP contribution in [-0.4, -0.2) is 88.7 Å². The molecule has 30 heavy (non-hydrogen) atoms. The lowest BCUT2D eigenvalue weighted by Crippen LogP contribution is -2.55. The summed E-state index contributed by atoms with van der Waals surface area (Å²) in [4.78, 5) is 35.8. The van der Waals surface area contributed by atoms with Crippen LogP contribution in [0.3, 0.4) is 0 Å². The second kappa shape index (κ2) is 8.87. The number of amides is 3. The van der Waals surface area contributed by atoms with Gasteiger partial charge < -0.3 is 24.0 Å². The molecule has 0 radical (unpaired) electrons. The Hall–Kier alpha value is -2.87. The summed E-state index contributed by atoms with van der Waals surface area (Å²) in [5, 5.41) is 0. The van der Waals surface area contributed by atoms with Crippen molar-refractivity contribution in [3.05, 3.63) is 53.1 Å². The molecule has 4 rings (SSSR count). The molecule has 0 aromatic carbocycles. The number of aromatic nitrogens is 2. The standard InChI is InChI=1S/C22H29N5O3/c1-17-15-20(18(2)27(17)16-19-5-3-4-6-23-19)21(28)24-7-9-25(10-8-24)22(29)26-11-13-30-14-12-26/h3-6,15H,7-14,16H2,1-2H3. The summed E-state index contributed by atoms with van der Waals surface area (Å²) in [6.45, 7) is 9.36. The second-order valence-electron chi connectivity index (χ2n) is 7.85. The van der Waals surface area contributed by atoms with Gasteiger partial charge in [0.1, 0.15) is 0 Å². The monoisotopic (exact) mass is 411 g/mol. The average Bonchev–Trinajstić information content (AvgIpc) is 3.08. The largest absolute Gasteiger partial charge is 0.378 e. The third kappa shape index (κ3) is 4.18. The van der Waals surface area contributed by atoms with Crippen molar-refractivity contribution in [3.63, 3.8) is 0 Å². The van der Waals surface area contributed by atoms with Gasteiger partial charge in [-0.25, -0.2) is 4.79 Å². The SMILES string of the molecule is Cc1cc(C(=O)N2CCN(C(=O)N3CCOCC3)CC2)c(C)n1Cc1ccccn1. The van der Waals surface area contributed by atoms with Gasteiger partial charge in [-0.2, -0.15) is 0 Å². The van der Waals surface area contributed by atoms with Gasteiger partial charge in [-0.1, -0.05) is 6.07 Å². The predicted molar refractivity (Wildman–Crippen MR) is 113 cm³/mol. The minimum atomic E-state index is 0.0360. The van der Waals surface area contributed by atoms with Crippen molar-refractivity contribution in [2.24, 2.45) is 0 Å². The number of urea groups is 1. The molecule has 160 valence electrons. The molecule has 2 aliphatic rings. The lowest BCUT2D eigenvalue weighted by Gasteiger charge is -2.38. The lowest BCUT2D eigenvalue weighted by atomic mass is 10.2. The van der Waals surface area contributed by atoms with E-state index in [-0.39, 0.29) is 11.9 Å². The number of rotatable bonds is 3. The zero-order valence-corrected chi connectivity index (χ0v) is 17.7. The van der Waals surface area contributed by atoms with Gasteiger partial charge in [-0.15, -0.1) is 0 Å². The Labute approximate surface area is 177 Å². The topological polar surface area (TPSA) is 70.9 Å². The molecular formula is C22H29N5O3. The first-order chi connectivity index (χ1) is 14.5. The van der Waals surface area contributed by atoms with Crippen molar-refractivity contribution in [3.8, 4) is 0 Å². The highest BCUT2D eigenvalue weighted by atomic mass is 16.5. The zero-order chi connectivity index (χ0) is 21.1. The number of piperazine rings is 1. The maximum Gasteiger partial charge on any atom is 0.320 e. The highest BCUT2D eigenvalue weighted by Crippen LogP contribution is 2.20. The number of ether oxygens (including phenoxy) is 1. The van der Waals surface area contributed by atoms with Crippen molar-refractivity contribution in [2.75, 3.05) is 52.5 Å². The Morgan fingerprint density at radius 2 is 1.63 bits per heavy atom. The van der Waals surface area contributed by atoms with E-state index in [9.17, 15) is 9.59 Å². The molecule has 2 aliphatic heterocycles. The van der Waals surface area contributed by atoms with Crippen molar-refractivity contribution in [1.29, 1.82) is 0 Å². The molecule has 0 N–H and O–H groups in total. The Morgan fingerprint density at radius 3 is 2.30 bits per heavy atom. The number of morpholine rings is 1. The van der Waals surface area contributed by atoms with E-state index in [4.69, 9.17) is 4.74 Å². The van der Waals surface area contributed by atoms with E-state index in [0.29, 0.717) is 59.0 Å². The molecule has 0 saturated carbocycles. The fourth-order valence-electron chi connectivity index (χ4n) is 4.14. The summed E-state index contributed by atoms with van der Waals surface area (Å²) >= 11 is 0. The maximum atomic E-state index is 13.2. The second-order valence-corrected chi connectivity index (χ2v) is 7.85. The molecule has 3 amide bonds. The number of nitrogens with zero attached hydrogens (tertiary/aromatic N) is 5. The molecule has 0 aliphatic carbocycles. The van der Waals surface area contributed by atoms with Crippen LogP contribution >= 0.6 is 0 Å². The summed E-state index contributed by atoms with van der Waals surface area (Å²) in [6.07, 6.45) is 1.78. The molecular weight excluding hydrogens is 382 g/mol. The number of hydrogen-bond acceptors (Lipinski definition) is 4. The van der Waals surface area contributed by atoms with Crippen LogP contribution in [0, 0.1) is 13.8 Å². The van der Waals surface area contributed by atoms with Crippen molar-refractivity contribution in [1.82, 2.24) is 24.3 Å². The van der Waals surface area contributed by atoms with E-state index in [1.165, 1.54) is 0 Å². The van der Waals surface area contributed by atoms with Crippen LogP contribution in [0.5, 0.6) is 0 Å².